The summed E-state index contributed by atoms with van der Waals surface area (Å²) in [6.45, 7) is 4.81. The van der Waals surface area contributed by atoms with Gasteiger partial charge in [-0.3, -0.25) is 0 Å². The van der Waals surface area contributed by atoms with Crippen LogP contribution in [0.1, 0.15) is 44.5 Å². The van der Waals surface area contributed by atoms with Crippen molar-refractivity contribution in [2.24, 2.45) is 0 Å². The molecule has 4 heteroatoms. The van der Waals surface area contributed by atoms with Gasteiger partial charge in [-0.1, -0.05) is 0 Å². The third kappa shape index (κ3) is 4.91. The average Bonchev–Trinajstić information content (AvgIpc) is 3.57. The molecule has 6 aromatic rings. The van der Waals surface area contributed by atoms with E-state index in [1.165, 1.54) is 77.2 Å². The largest absolute Gasteiger partial charge is 0.147 e. The topological polar surface area (TPSA) is 0 Å². The Morgan fingerprint density at radius 3 is 1.24 bits per heavy atom. The van der Waals surface area contributed by atoms with Crippen molar-refractivity contribution in [3.05, 3.63) is 155 Å². The van der Waals surface area contributed by atoms with Crippen LogP contribution in [0.4, 0.5) is 0 Å². The summed E-state index contributed by atoms with van der Waals surface area (Å²) in [5.74, 6) is 0. The van der Waals surface area contributed by atoms with Gasteiger partial charge < -0.3 is 0 Å². The van der Waals surface area contributed by atoms with Gasteiger partial charge in [0.25, 0.3) is 0 Å². The molecule has 230 valence electrons. The number of hydrogen-bond acceptors (Lipinski definition) is 0. The number of hydrogen-bond donors (Lipinski definition) is 0. The molecule has 2 unspecified atom stereocenters. The van der Waals surface area contributed by atoms with E-state index in [1.807, 2.05) is 0 Å². The Kier molecular flexibility index (Phi) is 8.41. The van der Waals surface area contributed by atoms with E-state index in [9.17, 15) is 0 Å². The minimum absolute atomic E-state index is 0. The van der Waals surface area contributed by atoms with Crippen molar-refractivity contribution < 1.29 is 14.0 Å². The SMILES string of the molecule is CC1=Cc2c(-c3cccc4ccccc34)cccc2[CH]1[Ti]([CH3])([CH3])(=[SiH2])[CH]1C(C)=Cc2c(-c3cccc4ccccc34)cccc21.Cl.Cl. The molecular formula is C42H40Cl2SiTi. The first kappa shape index (κ1) is 32.8. The van der Waals surface area contributed by atoms with Gasteiger partial charge in [-0.05, 0) is 0 Å². The molecule has 0 saturated heterocycles. The Hall–Kier alpha value is -3.17. The third-order valence-corrected chi connectivity index (χ3v) is 22.3. The summed E-state index contributed by atoms with van der Waals surface area (Å²) >= 11 is -3.36. The standard InChI is InChI=1S/2C20H15.2CH3.2ClH.H2Si.Ti/c2*1-14-12-16-8-5-11-19(20(16)13-14)18-10-4-7-15-6-2-3-9-17(15)18;;;;;;/h2*2-13H,1H3;2*1H3;2*1H;1H2;. The van der Waals surface area contributed by atoms with Crippen LogP contribution in [0.3, 0.4) is 0 Å². The molecule has 2 atom stereocenters. The van der Waals surface area contributed by atoms with Crippen LogP contribution in [0.15, 0.2) is 132 Å². The molecule has 0 amide bonds. The molecule has 0 bridgehead atoms. The maximum atomic E-state index is 2.72. The summed E-state index contributed by atoms with van der Waals surface area (Å²) in [6, 6.07) is 45.3. The Labute approximate surface area is 288 Å². The quantitative estimate of drug-likeness (QED) is 0.162. The first-order valence-corrected chi connectivity index (χ1v) is 24.8. The summed E-state index contributed by atoms with van der Waals surface area (Å²) in [4.78, 5) is 0. The molecule has 46 heavy (non-hydrogen) atoms. The monoisotopic (exact) mass is 690 g/mol. The molecule has 0 aliphatic heterocycles. The van der Waals surface area contributed by atoms with Gasteiger partial charge in [0.05, 0.1) is 0 Å². The molecular weight excluding hydrogens is 651 g/mol. The Morgan fingerprint density at radius 1 is 0.457 bits per heavy atom. The van der Waals surface area contributed by atoms with E-state index >= 15 is 0 Å². The van der Waals surface area contributed by atoms with Gasteiger partial charge in [-0.2, -0.15) is 0 Å². The van der Waals surface area contributed by atoms with E-state index in [0.29, 0.717) is 8.45 Å². The Morgan fingerprint density at radius 2 is 0.804 bits per heavy atom. The third-order valence-electron chi connectivity index (χ3n) is 10.6. The molecule has 0 radical (unpaired) electrons. The minimum atomic E-state index is -3.36. The maximum absolute atomic E-state index is 3.36. The molecule has 0 heterocycles. The average molecular weight is 692 g/mol. The van der Waals surface area contributed by atoms with Crippen molar-refractivity contribution in [3.63, 3.8) is 0 Å². The summed E-state index contributed by atoms with van der Waals surface area (Å²) in [5.41, 5.74) is 14.4. The maximum Gasteiger partial charge on any atom is -0.147 e. The van der Waals surface area contributed by atoms with Crippen LogP contribution >= 0.6 is 24.8 Å². The van der Waals surface area contributed by atoms with Crippen LogP contribution in [0.25, 0.3) is 56.0 Å². The normalized spacial score (nSPS) is 17.1. The van der Waals surface area contributed by atoms with E-state index in [2.05, 4.69) is 165 Å². The van der Waals surface area contributed by atoms with Gasteiger partial charge in [0.15, 0.2) is 0 Å². The zero-order chi connectivity index (χ0) is 30.2. The van der Waals surface area contributed by atoms with Gasteiger partial charge in [-0.25, -0.2) is 0 Å². The van der Waals surface area contributed by atoms with Crippen molar-refractivity contribution in [1.82, 2.24) is 0 Å². The summed E-state index contributed by atoms with van der Waals surface area (Å²) in [6.07, 6.45) is 5.06. The van der Waals surface area contributed by atoms with Crippen LogP contribution in [-0.4, -0.2) is 7.63 Å². The second-order valence-electron chi connectivity index (χ2n) is 14.2. The second kappa shape index (κ2) is 11.8. The first-order chi connectivity index (χ1) is 21.2. The fourth-order valence-corrected chi connectivity index (χ4v) is 23.1. The summed E-state index contributed by atoms with van der Waals surface area (Å²) in [7, 11) is 2.41. The molecule has 2 aliphatic carbocycles. The van der Waals surface area contributed by atoms with E-state index in [1.54, 1.807) is 0 Å². The van der Waals surface area contributed by atoms with Crippen LogP contribution in [0.5, 0.6) is 0 Å². The molecule has 0 aromatic heterocycles. The second-order valence-corrected chi connectivity index (χ2v) is 34.4. The van der Waals surface area contributed by atoms with Crippen LogP contribution in [0, 0.1) is 0 Å². The van der Waals surface area contributed by atoms with Gasteiger partial charge in [0.1, 0.15) is 0 Å². The number of benzene rings is 6. The van der Waals surface area contributed by atoms with Gasteiger partial charge in [0.2, 0.25) is 0 Å². The fraction of sp³-hybridized carbons (Fsp3) is 0.143. The van der Waals surface area contributed by atoms with E-state index in [-0.39, 0.29) is 24.8 Å². The van der Waals surface area contributed by atoms with Crippen molar-refractivity contribution in [1.29, 1.82) is 0 Å². The summed E-state index contributed by atoms with van der Waals surface area (Å²) < 4.78 is 0.964. The fourth-order valence-electron chi connectivity index (χ4n) is 9.18. The van der Waals surface area contributed by atoms with E-state index in [0.717, 1.165) is 0 Å². The zero-order valence-electron chi connectivity index (χ0n) is 26.9. The number of fused-ring (bicyclic) bond motifs is 4. The van der Waals surface area contributed by atoms with Gasteiger partial charge in [-0.15, -0.1) is 24.8 Å². The van der Waals surface area contributed by atoms with Gasteiger partial charge in [0, 0.05) is 0 Å². The molecule has 0 fully saturated rings. The number of allylic oxidation sites excluding steroid dienone is 2. The molecule has 0 N–H and O–H groups in total. The molecule has 0 saturated carbocycles. The predicted molar refractivity (Wildman–Crippen MR) is 206 cm³/mol. The summed E-state index contributed by atoms with van der Waals surface area (Å²) in [5, 5.41) is 10.7. The molecule has 2 aliphatic rings. The first-order valence-electron chi connectivity index (χ1n) is 15.9. The van der Waals surface area contributed by atoms with Crippen molar-refractivity contribution in [3.8, 4) is 22.3 Å². The Balaban J connectivity index is 0.00000186. The van der Waals surface area contributed by atoms with E-state index in [4.69, 9.17) is 0 Å². The Bertz CT molecular complexity index is 2140. The molecule has 8 rings (SSSR count). The van der Waals surface area contributed by atoms with Crippen molar-refractivity contribution >= 4 is 66.1 Å². The van der Waals surface area contributed by atoms with Crippen molar-refractivity contribution in [2.75, 3.05) is 0 Å². The molecule has 6 aromatic carbocycles. The zero-order valence-corrected chi connectivity index (χ0v) is 31.5. The molecule has 0 spiro atoms. The number of rotatable bonds is 4. The smallest absolute Gasteiger partial charge is 0.147 e. The van der Waals surface area contributed by atoms with Crippen molar-refractivity contribution in [2.45, 2.75) is 32.7 Å². The molecule has 0 nitrogen and oxygen atoms in total. The number of halogens is 2. The van der Waals surface area contributed by atoms with Gasteiger partial charge >= 0.3 is 265 Å². The van der Waals surface area contributed by atoms with Crippen LogP contribution < -0.4 is 0 Å². The minimum Gasteiger partial charge on any atom is -0.147 e. The predicted octanol–water partition coefficient (Wildman–Crippen LogP) is 12.1. The van der Waals surface area contributed by atoms with Crippen LogP contribution in [0.2, 0.25) is 10.5 Å². The van der Waals surface area contributed by atoms with E-state index < -0.39 is 14.0 Å². The van der Waals surface area contributed by atoms with Crippen LogP contribution in [-0.2, 0) is 14.0 Å².